The molecule has 1 atom stereocenters. The molecule has 0 spiro atoms. The summed E-state index contributed by atoms with van der Waals surface area (Å²) < 4.78 is 5.32. The highest BCUT2D eigenvalue weighted by Gasteiger charge is 2.09. The molecular formula is C13H26N2O. The van der Waals surface area contributed by atoms with Crippen molar-refractivity contribution in [2.75, 3.05) is 39.4 Å². The zero-order chi connectivity index (χ0) is 11.6. The molecule has 1 heterocycles. The van der Waals surface area contributed by atoms with Crippen molar-refractivity contribution in [2.24, 2.45) is 0 Å². The highest BCUT2D eigenvalue weighted by atomic mass is 16.5. The van der Waals surface area contributed by atoms with E-state index in [2.05, 4.69) is 23.7 Å². The lowest BCUT2D eigenvalue weighted by molar-refractivity contribution is 0.0374. The van der Waals surface area contributed by atoms with Gasteiger partial charge in [-0.3, -0.25) is 4.90 Å². The molecule has 1 rings (SSSR count). The Labute approximate surface area is 99.8 Å². The van der Waals surface area contributed by atoms with E-state index >= 15 is 0 Å². The van der Waals surface area contributed by atoms with Gasteiger partial charge in [0.1, 0.15) is 0 Å². The zero-order valence-corrected chi connectivity index (χ0v) is 10.6. The monoisotopic (exact) mass is 226 g/mol. The first-order chi connectivity index (χ1) is 7.83. The van der Waals surface area contributed by atoms with E-state index in [1.165, 1.54) is 19.4 Å². The Morgan fingerprint density at radius 1 is 1.44 bits per heavy atom. The van der Waals surface area contributed by atoms with Crippen molar-refractivity contribution in [3.63, 3.8) is 0 Å². The van der Waals surface area contributed by atoms with E-state index in [9.17, 15) is 0 Å². The molecule has 1 aliphatic rings. The molecule has 1 fully saturated rings. The topological polar surface area (TPSA) is 24.5 Å². The van der Waals surface area contributed by atoms with E-state index in [1.807, 2.05) is 6.08 Å². The van der Waals surface area contributed by atoms with Gasteiger partial charge in [-0.25, -0.2) is 0 Å². The quantitative estimate of drug-likeness (QED) is 0.503. The summed E-state index contributed by atoms with van der Waals surface area (Å²) in [6.07, 6.45) is 5.53. The fourth-order valence-corrected chi connectivity index (χ4v) is 1.95. The van der Waals surface area contributed by atoms with Gasteiger partial charge in [-0.1, -0.05) is 6.08 Å². The fraction of sp³-hybridized carbons (Fsp3) is 0.846. The van der Waals surface area contributed by atoms with Gasteiger partial charge in [-0.15, -0.1) is 6.58 Å². The van der Waals surface area contributed by atoms with Crippen LogP contribution in [0.1, 0.15) is 26.2 Å². The van der Waals surface area contributed by atoms with Gasteiger partial charge in [-0.05, 0) is 39.3 Å². The maximum absolute atomic E-state index is 5.32. The van der Waals surface area contributed by atoms with Gasteiger partial charge in [0.25, 0.3) is 0 Å². The first-order valence-electron chi connectivity index (χ1n) is 6.47. The molecule has 0 amide bonds. The first kappa shape index (κ1) is 13.7. The Kier molecular flexibility index (Phi) is 7.47. The molecule has 0 saturated carbocycles. The van der Waals surface area contributed by atoms with Crippen LogP contribution < -0.4 is 5.32 Å². The summed E-state index contributed by atoms with van der Waals surface area (Å²) in [5, 5.41) is 3.55. The van der Waals surface area contributed by atoms with E-state index in [4.69, 9.17) is 4.74 Å². The molecule has 1 aliphatic heterocycles. The normalized spacial score (nSPS) is 19.6. The van der Waals surface area contributed by atoms with E-state index < -0.39 is 0 Å². The molecule has 1 N–H and O–H groups in total. The van der Waals surface area contributed by atoms with Crippen molar-refractivity contribution in [2.45, 2.75) is 32.2 Å². The van der Waals surface area contributed by atoms with Gasteiger partial charge in [-0.2, -0.15) is 0 Å². The standard InChI is InChI=1S/C13H26N2O/c1-3-4-6-13(2)14-7-5-8-15-9-11-16-12-10-15/h3,13-14H,1,4-12H2,2H3. The smallest absolute Gasteiger partial charge is 0.0594 e. The van der Waals surface area contributed by atoms with Crippen molar-refractivity contribution in [1.82, 2.24) is 10.2 Å². The van der Waals surface area contributed by atoms with Crippen molar-refractivity contribution in [1.29, 1.82) is 0 Å². The highest BCUT2D eigenvalue weighted by molar-refractivity contribution is 4.71. The van der Waals surface area contributed by atoms with Gasteiger partial charge in [0.05, 0.1) is 13.2 Å². The molecular weight excluding hydrogens is 200 g/mol. The van der Waals surface area contributed by atoms with E-state index in [-0.39, 0.29) is 0 Å². The zero-order valence-electron chi connectivity index (χ0n) is 10.6. The molecule has 3 nitrogen and oxygen atoms in total. The number of allylic oxidation sites excluding steroid dienone is 1. The summed E-state index contributed by atoms with van der Waals surface area (Å²) in [5.74, 6) is 0. The molecule has 0 aromatic carbocycles. The average Bonchev–Trinajstić information content (AvgIpc) is 2.33. The van der Waals surface area contributed by atoms with Gasteiger partial charge in [0.15, 0.2) is 0 Å². The summed E-state index contributed by atoms with van der Waals surface area (Å²) in [6.45, 7) is 12.3. The number of ether oxygens (including phenoxy) is 1. The second-order valence-electron chi connectivity index (χ2n) is 4.53. The van der Waals surface area contributed by atoms with Crippen molar-refractivity contribution < 1.29 is 4.74 Å². The first-order valence-corrected chi connectivity index (χ1v) is 6.47. The third-order valence-corrected chi connectivity index (χ3v) is 3.05. The van der Waals surface area contributed by atoms with Crippen LogP contribution in [0, 0.1) is 0 Å². The lowest BCUT2D eigenvalue weighted by Crippen LogP contribution is -2.38. The summed E-state index contributed by atoms with van der Waals surface area (Å²) in [6, 6.07) is 0.614. The third kappa shape index (κ3) is 6.26. The third-order valence-electron chi connectivity index (χ3n) is 3.05. The van der Waals surface area contributed by atoms with Crippen molar-refractivity contribution in [3.05, 3.63) is 12.7 Å². The molecule has 0 radical (unpaired) electrons. The molecule has 1 saturated heterocycles. The van der Waals surface area contributed by atoms with Crippen LogP contribution in [-0.2, 0) is 4.74 Å². The lowest BCUT2D eigenvalue weighted by atomic mass is 10.2. The van der Waals surface area contributed by atoms with Crippen molar-refractivity contribution >= 4 is 0 Å². The summed E-state index contributed by atoms with van der Waals surface area (Å²) in [7, 11) is 0. The minimum Gasteiger partial charge on any atom is -0.379 e. The second-order valence-corrected chi connectivity index (χ2v) is 4.53. The van der Waals surface area contributed by atoms with Crippen LogP contribution in [0.4, 0.5) is 0 Å². The molecule has 0 aromatic rings. The predicted octanol–water partition coefficient (Wildman–Crippen LogP) is 1.65. The lowest BCUT2D eigenvalue weighted by Gasteiger charge is -2.26. The van der Waals surface area contributed by atoms with Crippen LogP contribution in [0.25, 0.3) is 0 Å². The van der Waals surface area contributed by atoms with Crippen molar-refractivity contribution in [3.8, 4) is 0 Å². The summed E-state index contributed by atoms with van der Waals surface area (Å²) in [4.78, 5) is 2.49. The van der Waals surface area contributed by atoms with Crippen LogP contribution in [0.5, 0.6) is 0 Å². The number of hydrogen-bond acceptors (Lipinski definition) is 3. The van der Waals surface area contributed by atoms with Crippen LogP contribution in [0.2, 0.25) is 0 Å². The van der Waals surface area contributed by atoms with Crippen LogP contribution >= 0.6 is 0 Å². The maximum Gasteiger partial charge on any atom is 0.0594 e. The van der Waals surface area contributed by atoms with Gasteiger partial charge >= 0.3 is 0 Å². The molecule has 16 heavy (non-hydrogen) atoms. The minimum absolute atomic E-state index is 0.614. The Morgan fingerprint density at radius 2 is 2.19 bits per heavy atom. The number of nitrogens with one attached hydrogen (secondary N) is 1. The number of hydrogen-bond donors (Lipinski definition) is 1. The Bertz CT molecular complexity index is 179. The van der Waals surface area contributed by atoms with E-state index in [1.54, 1.807) is 0 Å². The van der Waals surface area contributed by atoms with Crippen LogP contribution in [0.15, 0.2) is 12.7 Å². The summed E-state index contributed by atoms with van der Waals surface area (Å²) in [5.41, 5.74) is 0. The number of morpholine rings is 1. The summed E-state index contributed by atoms with van der Waals surface area (Å²) >= 11 is 0. The molecule has 94 valence electrons. The second kappa shape index (κ2) is 8.74. The predicted molar refractivity (Wildman–Crippen MR) is 68.8 cm³/mol. The SMILES string of the molecule is C=CCCC(C)NCCCN1CCOCC1. The Morgan fingerprint density at radius 3 is 2.88 bits per heavy atom. The number of rotatable bonds is 8. The molecule has 3 heteroatoms. The van der Waals surface area contributed by atoms with Gasteiger partial charge in [0, 0.05) is 19.1 Å². The van der Waals surface area contributed by atoms with Gasteiger partial charge in [0.2, 0.25) is 0 Å². The Balaban J connectivity index is 1.92. The minimum atomic E-state index is 0.614. The van der Waals surface area contributed by atoms with Crippen LogP contribution in [0.3, 0.4) is 0 Å². The van der Waals surface area contributed by atoms with E-state index in [0.29, 0.717) is 6.04 Å². The average molecular weight is 226 g/mol. The largest absolute Gasteiger partial charge is 0.379 e. The molecule has 0 aliphatic carbocycles. The Hall–Kier alpha value is -0.380. The fourth-order valence-electron chi connectivity index (χ4n) is 1.95. The van der Waals surface area contributed by atoms with Crippen LogP contribution in [-0.4, -0.2) is 50.3 Å². The number of nitrogens with zero attached hydrogens (tertiary/aromatic N) is 1. The van der Waals surface area contributed by atoms with E-state index in [0.717, 1.165) is 39.3 Å². The molecule has 0 bridgehead atoms. The maximum atomic E-state index is 5.32. The highest BCUT2D eigenvalue weighted by Crippen LogP contribution is 1.99. The molecule has 0 aromatic heterocycles. The van der Waals surface area contributed by atoms with Gasteiger partial charge < -0.3 is 10.1 Å². The molecule has 1 unspecified atom stereocenters.